The maximum atomic E-state index is 14.1. The van der Waals surface area contributed by atoms with Gasteiger partial charge in [0.1, 0.15) is 0 Å². The Bertz CT molecular complexity index is 375. The molecule has 0 unspecified atom stereocenters. The number of piperidine rings is 1. The molecule has 1 aliphatic heterocycles. The minimum Gasteiger partial charge on any atom is -0.317 e. The zero-order chi connectivity index (χ0) is 12.3. The van der Waals surface area contributed by atoms with Gasteiger partial charge in [0.05, 0.1) is 0 Å². The van der Waals surface area contributed by atoms with Gasteiger partial charge in [-0.15, -0.1) is 0 Å². The zero-order valence-corrected chi connectivity index (χ0v) is 10.3. The second kappa shape index (κ2) is 5.32. The molecule has 1 heterocycles. The maximum absolute atomic E-state index is 14.1. The van der Waals surface area contributed by atoms with E-state index < -0.39 is 11.8 Å². The Morgan fingerprint density at radius 3 is 2.65 bits per heavy atom. The van der Waals surface area contributed by atoms with Gasteiger partial charge in [-0.05, 0) is 43.6 Å². The topological polar surface area (TPSA) is 12.0 Å². The highest BCUT2D eigenvalue weighted by Crippen LogP contribution is 2.34. The van der Waals surface area contributed by atoms with E-state index in [0.717, 1.165) is 0 Å². The quantitative estimate of drug-likeness (QED) is 0.876. The number of halogens is 3. The zero-order valence-electron chi connectivity index (χ0n) is 9.56. The van der Waals surface area contributed by atoms with Crippen LogP contribution in [0.15, 0.2) is 24.3 Å². The number of hydrogen-bond donors (Lipinski definition) is 1. The van der Waals surface area contributed by atoms with E-state index in [4.69, 9.17) is 11.6 Å². The van der Waals surface area contributed by atoms with Crippen molar-refractivity contribution >= 4 is 11.6 Å². The summed E-state index contributed by atoms with van der Waals surface area (Å²) in [6.07, 6.45) is 0.888. The molecule has 0 aromatic heterocycles. The van der Waals surface area contributed by atoms with Gasteiger partial charge in [0.2, 0.25) is 0 Å². The normalized spacial score (nSPS) is 18.3. The Morgan fingerprint density at radius 2 is 2.00 bits per heavy atom. The van der Waals surface area contributed by atoms with Crippen LogP contribution < -0.4 is 5.32 Å². The average Bonchev–Trinajstić information content (AvgIpc) is 2.29. The largest absolute Gasteiger partial charge is 0.317 e. The van der Waals surface area contributed by atoms with Gasteiger partial charge in [-0.1, -0.05) is 23.7 Å². The van der Waals surface area contributed by atoms with E-state index in [9.17, 15) is 8.78 Å². The first-order valence-electron chi connectivity index (χ1n) is 5.91. The minimum atomic E-state index is -2.63. The van der Waals surface area contributed by atoms with Crippen LogP contribution in [0.5, 0.6) is 0 Å². The van der Waals surface area contributed by atoms with Crippen LogP contribution in [-0.2, 0) is 6.42 Å². The molecule has 0 spiro atoms. The first-order chi connectivity index (χ1) is 8.08. The highest BCUT2D eigenvalue weighted by atomic mass is 35.5. The number of nitrogens with one attached hydrogen (secondary N) is 1. The van der Waals surface area contributed by atoms with Crippen LogP contribution in [0, 0.1) is 5.92 Å². The number of hydrogen-bond acceptors (Lipinski definition) is 1. The van der Waals surface area contributed by atoms with Crippen LogP contribution in [0.1, 0.15) is 18.4 Å². The predicted molar refractivity (Wildman–Crippen MR) is 65.7 cm³/mol. The standard InChI is InChI=1S/C13H16ClF2N/c14-12-3-1-2-10(8-12)9-13(15,16)11-4-6-17-7-5-11/h1-3,8,11,17H,4-7,9H2. The molecule has 1 N–H and O–H groups in total. The molecule has 0 atom stereocenters. The Balaban J connectivity index is 2.05. The van der Waals surface area contributed by atoms with E-state index in [2.05, 4.69) is 5.32 Å². The molecule has 1 aliphatic rings. The molecule has 94 valence electrons. The summed E-state index contributed by atoms with van der Waals surface area (Å²) in [5.41, 5.74) is 0.612. The van der Waals surface area contributed by atoms with E-state index in [0.29, 0.717) is 36.5 Å². The first-order valence-corrected chi connectivity index (χ1v) is 6.29. The molecule has 1 fully saturated rings. The van der Waals surface area contributed by atoms with E-state index in [-0.39, 0.29) is 6.42 Å². The summed E-state index contributed by atoms with van der Waals surface area (Å²) in [4.78, 5) is 0. The van der Waals surface area contributed by atoms with Crippen molar-refractivity contribution in [2.75, 3.05) is 13.1 Å². The molecule has 0 aliphatic carbocycles. The molecule has 0 radical (unpaired) electrons. The summed E-state index contributed by atoms with van der Waals surface area (Å²) in [7, 11) is 0. The van der Waals surface area contributed by atoms with Crippen molar-refractivity contribution in [3.05, 3.63) is 34.9 Å². The lowest BCUT2D eigenvalue weighted by Crippen LogP contribution is -2.39. The Labute approximate surface area is 105 Å². The second-order valence-electron chi connectivity index (χ2n) is 4.59. The number of alkyl halides is 2. The second-order valence-corrected chi connectivity index (χ2v) is 5.03. The van der Waals surface area contributed by atoms with Crippen LogP contribution in [0.4, 0.5) is 8.78 Å². The lowest BCUT2D eigenvalue weighted by atomic mass is 9.87. The molecule has 1 nitrogen and oxygen atoms in total. The lowest BCUT2D eigenvalue weighted by molar-refractivity contribution is -0.0675. The SMILES string of the molecule is FC(F)(Cc1cccc(Cl)c1)C1CCNCC1. The van der Waals surface area contributed by atoms with Crippen molar-refractivity contribution in [1.82, 2.24) is 5.32 Å². The molecule has 1 saturated heterocycles. The molecule has 0 amide bonds. The Hall–Kier alpha value is -0.670. The summed E-state index contributed by atoms with van der Waals surface area (Å²) in [5.74, 6) is -3.14. The van der Waals surface area contributed by atoms with Gasteiger partial charge in [-0.25, -0.2) is 8.78 Å². The van der Waals surface area contributed by atoms with Crippen LogP contribution in [-0.4, -0.2) is 19.0 Å². The molecule has 0 bridgehead atoms. The van der Waals surface area contributed by atoms with Gasteiger partial charge in [-0.3, -0.25) is 0 Å². The van der Waals surface area contributed by atoms with Crippen LogP contribution in [0.2, 0.25) is 5.02 Å². The molecule has 1 aromatic carbocycles. The lowest BCUT2D eigenvalue weighted by Gasteiger charge is -2.30. The number of rotatable bonds is 3. The van der Waals surface area contributed by atoms with Crippen LogP contribution >= 0.6 is 11.6 Å². The summed E-state index contributed by atoms with van der Waals surface area (Å²) >= 11 is 5.80. The minimum absolute atomic E-state index is 0.210. The Morgan fingerprint density at radius 1 is 1.29 bits per heavy atom. The van der Waals surface area contributed by atoms with Crippen molar-refractivity contribution in [3.63, 3.8) is 0 Å². The van der Waals surface area contributed by atoms with E-state index >= 15 is 0 Å². The summed E-state index contributed by atoms with van der Waals surface area (Å²) < 4.78 is 28.1. The smallest absolute Gasteiger partial charge is 0.254 e. The molecular weight excluding hydrogens is 244 g/mol. The van der Waals surface area contributed by atoms with Gasteiger partial charge in [0.15, 0.2) is 0 Å². The highest BCUT2D eigenvalue weighted by molar-refractivity contribution is 6.30. The van der Waals surface area contributed by atoms with Crippen molar-refractivity contribution < 1.29 is 8.78 Å². The third-order valence-electron chi connectivity index (χ3n) is 3.27. The van der Waals surface area contributed by atoms with Crippen LogP contribution in [0.3, 0.4) is 0 Å². The van der Waals surface area contributed by atoms with Gasteiger partial charge in [0.25, 0.3) is 5.92 Å². The molecule has 1 aromatic rings. The first kappa shape index (κ1) is 12.8. The summed E-state index contributed by atoms with van der Waals surface area (Å²) in [6, 6.07) is 6.75. The molecular formula is C13H16ClF2N. The van der Waals surface area contributed by atoms with Crippen molar-refractivity contribution in [3.8, 4) is 0 Å². The summed E-state index contributed by atoms with van der Waals surface area (Å²) in [5, 5.41) is 3.62. The average molecular weight is 260 g/mol. The number of benzene rings is 1. The van der Waals surface area contributed by atoms with Gasteiger partial charge >= 0.3 is 0 Å². The fraction of sp³-hybridized carbons (Fsp3) is 0.538. The van der Waals surface area contributed by atoms with Crippen molar-refractivity contribution in [1.29, 1.82) is 0 Å². The Kier molecular flexibility index (Phi) is 4.00. The fourth-order valence-corrected chi connectivity index (χ4v) is 2.52. The van der Waals surface area contributed by atoms with E-state index in [1.807, 2.05) is 0 Å². The van der Waals surface area contributed by atoms with Gasteiger partial charge < -0.3 is 5.32 Å². The highest BCUT2D eigenvalue weighted by Gasteiger charge is 2.39. The predicted octanol–water partition coefficient (Wildman–Crippen LogP) is 3.52. The summed E-state index contributed by atoms with van der Waals surface area (Å²) in [6.45, 7) is 1.38. The van der Waals surface area contributed by atoms with Crippen molar-refractivity contribution in [2.45, 2.75) is 25.2 Å². The third-order valence-corrected chi connectivity index (χ3v) is 3.50. The van der Waals surface area contributed by atoms with Crippen LogP contribution in [0.25, 0.3) is 0 Å². The monoisotopic (exact) mass is 259 g/mol. The molecule has 0 saturated carbocycles. The van der Waals surface area contributed by atoms with Crippen molar-refractivity contribution in [2.24, 2.45) is 5.92 Å². The molecule has 2 rings (SSSR count). The fourth-order valence-electron chi connectivity index (χ4n) is 2.31. The van der Waals surface area contributed by atoms with E-state index in [1.165, 1.54) is 0 Å². The van der Waals surface area contributed by atoms with Gasteiger partial charge in [0, 0.05) is 17.4 Å². The molecule has 17 heavy (non-hydrogen) atoms. The van der Waals surface area contributed by atoms with E-state index in [1.54, 1.807) is 24.3 Å². The molecule has 4 heteroatoms. The van der Waals surface area contributed by atoms with Gasteiger partial charge in [-0.2, -0.15) is 0 Å². The maximum Gasteiger partial charge on any atom is 0.254 e. The third kappa shape index (κ3) is 3.39.